The van der Waals surface area contributed by atoms with Crippen LogP contribution in [0, 0.1) is 5.41 Å². The van der Waals surface area contributed by atoms with Crippen molar-refractivity contribution in [2.75, 3.05) is 5.32 Å². The minimum Gasteiger partial charge on any atom is -0.395 e. The number of anilines is 1. The lowest BCUT2D eigenvalue weighted by Gasteiger charge is -2.25. The summed E-state index contributed by atoms with van der Waals surface area (Å²) in [5.41, 5.74) is 4.86. The van der Waals surface area contributed by atoms with Gasteiger partial charge < -0.3 is 20.5 Å². The van der Waals surface area contributed by atoms with E-state index >= 15 is 0 Å². The van der Waals surface area contributed by atoms with E-state index in [0.29, 0.717) is 6.42 Å². The predicted octanol–water partition coefficient (Wildman–Crippen LogP) is 2.65. The third-order valence-corrected chi connectivity index (χ3v) is 3.86. The molecular weight excluding hydrogens is 302 g/mol. The van der Waals surface area contributed by atoms with Gasteiger partial charge in [0.25, 0.3) is 0 Å². The SMILES string of the molecule is CCC(C)(C(=O)Nc1ccc2c(c1)OC(F)(F)O2)C(N)=S. The van der Waals surface area contributed by atoms with E-state index in [1.807, 2.05) is 0 Å². The van der Waals surface area contributed by atoms with Crippen LogP contribution in [0.1, 0.15) is 20.3 Å². The quantitative estimate of drug-likeness (QED) is 0.835. The van der Waals surface area contributed by atoms with E-state index in [4.69, 9.17) is 18.0 Å². The molecule has 1 amide bonds. The molecule has 0 bridgehead atoms. The fourth-order valence-corrected chi connectivity index (χ4v) is 1.98. The molecule has 1 aromatic rings. The second-order valence-corrected chi connectivity index (χ2v) is 5.27. The number of ether oxygens (including phenoxy) is 2. The van der Waals surface area contributed by atoms with Crippen LogP contribution in [0.2, 0.25) is 0 Å². The summed E-state index contributed by atoms with van der Waals surface area (Å²) in [5, 5.41) is 2.58. The molecule has 0 saturated carbocycles. The van der Waals surface area contributed by atoms with E-state index < -0.39 is 17.6 Å². The average molecular weight is 316 g/mol. The number of nitrogens with two attached hydrogens (primary N) is 1. The van der Waals surface area contributed by atoms with Gasteiger partial charge in [-0.1, -0.05) is 19.1 Å². The second-order valence-electron chi connectivity index (χ2n) is 4.83. The Morgan fingerprint density at radius 2 is 2.05 bits per heavy atom. The zero-order valence-electron chi connectivity index (χ0n) is 11.4. The van der Waals surface area contributed by atoms with Crippen LogP contribution in [0.15, 0.2) is 18.2 Å². The molecule has 1 aliphatic rings. The maximum Gasteiger partial charge on any atom is 0.586 e. The maximum absolute atomic E-state index is 12.9. The number of amides is 1. The fourth-order valence-electron chi connectivity index (χ4n) is 1.74. The van der Waals surface area contributed by atoms with E-state index in [-0.39, 0.29) is 22.2 Å². The summed E-state index contributed by atoms with van der Waals surface area (Å²) in [5.74, 6) is -0.653. The molecule has 0 spiro atoms. The number of rotatable bonds is 4. The Labute approximate surface area is 125 Å². The van der Waals surface area contributed by atoms with Crippen molar-refractivity contribution in [3.63, 3.8) is 0 Å². The molecule has 3 N–H and O–H groups in total. The molecule has 0 saturated heterocycles. The molecule has 5 nitrogen and oxygen atoms in total. The molecule has 1 aromatic carbocycles. The van der Waals surface area contributed by atoms with Gasteiger partial charge in [0.2, 0.25) is 5.91 Å². The number of nitrogens with one attached hydrogen (secondary N) is 1. The Morgan fingerprint density at radius 3 is 2.62 bits per heavy atom. The summed E-state index contributed by atoms with van der Waals surface area (Å²) in [6.07, 6.45) is -3.28. The predicted molar refractivity (Wildman–Crippen MR) is 76.5 cm³/mol. The number of carbonyl (C=O) groups excluding carboxylic acids is 1. The highest BCUT2D eigenvalue weighted by Crippen LogP contribution is 2.42. The third kappa shape index (κ3) is 2.90. The smallest absolute Gasteiger partial charge is 0.395 e. The highest BCUT2D eigenvalue weighted by atomic mass is 32.1. The number of halogens is 2. The largest absolute Gasteiger partial charge is 0.586 e. The van der Waals surface area contributed by atoms with Gasteiger partial charge in [-0.2, -0.15) is 0 Å². The molecule has 1 aliphatic heterocycles. The molecule has 0 radical (unpaired) electrons. The van der Waals surface area contributed by atoms with Crippen molar-refractivity contribution in [1.29, 1.82) is 0 Å². The van der Waals surface area contributed by atoms with Gasteiger partial charge in [-0.25, -0.2) is 0 Å². The molecule has 0 fully saturated rings. The minimum atomic E-state index is -3.69. The molecule has 1 atom stereocenters. The van der Waals surface area contributed by atoms with E-state index in [2.05, 4.69) is 14.8 Å². The Morgan fingerprint density at radius 1 is 1.43 bits per heavy atom. The number of carbonyl (C=O) groups is 1. The lowest BCUT2D eigenvalue weighted by molar-refractivity contribution is -0.286. The Balaban J connectivity index is 2.19. The highest BCUT2D eigenvalue weighted by Gasteiger charge is 2.43. The van der Waals surface area contributed by atoms with Crippen molar-refractivity contribution in [3.05, 3.63) is 18.2 Å². The van der Waals surface area contributed by atoms with Crippen LogP contribution in [0.3, 0.4) is 0 Å². The van der Waals surface area contributed by atoms with Gasteiger partial charge in [-0.05, 0) is 25.5 Å². The lowest BCUT2D eigenvalue weighted by atomic mass is 9.86. The van der Waals surface area contributed by atoms with Crippen molar-refractivity contribution in [2.24, 2.45) is 11.1 Å². The molecule has 0 aliphatic carbocycles. The first kappa shape index (κ1) is 15.4. The first-order valence-corrected chi connectivity index (χ1v) is 6.60. The average Bonchev–Trinajstić information content (AvgIpc) is 2.70. The van der Waals surface area contributed by atoms with Crippen LogP contribution >= 0.6 is 12.2 Å². The number of alkyl halides is 2. The van der Waals surface area contributed by atoms with Crippen molar-refractivity contribution in [1.82, 2.24) is 0 Å². The third-order valence-electron chi connectivity index (χ3n) is 3.41. The van der Waals surface area contributed by atoms with Gasteiger partial charge in [0, 0.05) is 11.8 Å². The van der Waals surface area contributed by atoms with Crippen LogP contribution < -0.4 is 20.5 Å². The zero-order chi connectivity index (χ0) is 15.8. The zero-order valence-corrected chi connectivity index (χ0v) is 12.2. The van der Waals surface area contributed by atoms with Crippen LogP contribution in [-0.4, -0.2) is 17.2 Å². The number of hydrogen-bond donors (Lipinski definition) is 2. The summed E-state index contributed by atoms with van der Waals surface area (Å²) in [4.78, 5) is 12.3. The number of hydrogen-bond acceptors (Lipinski definition) is 4. The van der Waals surface area contributed by atoms with Gasteiger partial charge in [0.05, 0.1) is 10.4 Å². The van der Waals surface area contributed by atoms with Crippen molar-refractivity contribution in [2.45, 2.75) is 26.6 Å². The number of benzene rings is 1. The molecular formula is C13H14F2N2O3S. The summed E-state index contributed by atoms with van der Waals surface area (Å²) in [7, 11) is 0. The molecule has 8 heteroatoms. The van der Waals surface area contributed by atoms with Crippen molar-refractivity contribution < 1.29 is 23.0 Å². The number of fused-ring (bicyclic) bond motifs is 1. The summed E-state index contributed by atoms with van der Waals surface area (Å²) < 4.78 is 34.4. The van der Waals surface area contributed by atoms with Crippen LogP contribution in [0.4, 0.5) is 14.5 Å². The monoisotopic (exact) mass is 316 g/mol. The molecule has 1 heterocycles. The Bertz CT molecular complexity index is 609. The first-order chi connectivity index (χ1) is 9.68. The summed E-state index contributed by atoms with van der Waals surface area (Å²) in [6, 6.07) is 3.97. The van der Waals surface area contributed by atoms with Gasteiger partial charge in [-0.15, -0.1) is 8.78 Å². The Hall–Kier alpha value is -1.96. The van der Waals surface area contributed by atoms with Gasteiger partial charge >= 0.3 is 6.29 Å². The molecule has 1 unspecified atom stereocenters. The second kappa shape index (κ2) is 5.10. The fraction of sp³-hybridized carbons (Fsp3) is 0.385. The van der Waals surface area contributed by atoms with Crippen LogP contribution in [-0.2, 0) is 4.79 Å². The van der Waals surface area contributed by atoms with Crippen molar-refractivity contribution >= 4 is 28.8 Å². The van der Waals surface area contributed by atoms with E-state index in [1.165, 1.54) is 18.2 Å². The Kier molecular flexibility index (Phi) is 3.75. The van der Waals surface area contributed by atoms with E-state index in [1.54, 1.807) is 13.8 Å². The molecule has 21 heavy (non-hydrogen) atoms. The van der Waals surface area contributed by atoms with Crippen LogP contribution in [0.25, 0.3) is 0 Å². The highest BCUT2D eigenvalue weighted by molar-refractivity contribution is 7.80. The molecule has 2 rings (SSSR count). The summed E-state index contributed by atoms with van der Waals surface area (Å²) in [6.45, 7) is 3.39. The van der Waals surface area contributed by atoms with E-state index in [9.17, 15) is 13.6 Å². The van der Waals surface area contributed by atoms with Crippen LogP contribution in [0.5, 0.6) is 11.5 Å². The van der Waals surface area contributed by atoms with Gasteiger partial charge in [0.15, 0.2) is 11.5 Å². The van der Waals surface area contributed by atoms with Crippen molar-refractivity contribution in [3.8, 4) is 11.5 Å². The van der Waals surface area contributed by atoms with Gasteiger partial charge in [-0.3, -0.25) is 4.79 Å². The topological polar surface area (TPSA) is 73.6 Å². The minimum absolute atomic E-state index is 0.0646. The maximum atomic E-state index is 12.9. The number of thiocarbonyl (C=S) groups is 1. The molecule has 0 aromatic heterocycles. The standard InChI is InChI=1S/C13H14F2N2O3S/c1-3-12(2,10(16)21)11(18)17-7-4-5-8-9(6-7)20-13(14,15)19-8/h4-6H,3H2,1-2H3,(H2,16,21)(H,17,18). The molecule has 114 valence electrons. The first-order valence-electron chi connectivity index (χ1n) is 6.19. The van der Waals surface area contributed by atoms with Gasteiger partial charge in [0.1, 0.15) is 0 Å². The lowest BCUT2D eigenvalue weighted by Crippen LogP contribution is -2.43. The normalized spacial score (nSPS) is 17.9. The van der Waals surface area contributed by atoms with E-state index in [0.717, 1.165) is 0 Å². The summed E-state index contributed by atoms with van der Waals surface area (Å²) >= 11 is 4.90.